The maximum atomic E-state index is 12.1. The molecule has 7 nitrogen and oxygen atoms in total. The van der Waals surface area contributed by atoms with E-state index >= 15 is 0 Å². The van der Waals surface area contributed by atoms with Crippen LogP contribution in [0.15, 0.2) is 0 Å². The molecule has 0 aliphatic rings. The van der Waals surface area contributed by atoms with E-state index < -0.39 is 29.3 Å². The Labute approximate surface area is 144 Å². The molecule has 0 aromatic carbocycles. The van der Waals surface area contributed by atoms with Gasteiger partial charge in [0.15, 0.2) is 11.3 Å². The van der Waals surface area contributed by atoms with E-state index in [1.165, 1.54) is 0 Å². The number of ketones is 1. The highest BCUT2D eigenvalue weighted by molar-refractivity contribution is 8.76. The second-order valence-electron chi connectivity index (χ2n) is 5.36. The first-order valence-corrected chi connectivity index (χ1v) is 10.0. The average molecular weight is 367 g/mol. The highest BCUT2D eigenvalue weighted by Gasteiger charge is 2.41. The molecule has 0 fully saturated rings. The van der Waals surface area contributed by atoms with E-state index in [1.807, 2.05) is 0 Å². The lowest BCUT2D eigenvalue weighted by Gasteiger charge is -2.22. The lowest BCUT2D eigenvalue weighted by molar-refractivity contribution is -0.147. The minimum atomic E-state index is -1.93. The Kier molecular flexibility index (Phi) is 11.3. The number of carbonyl (C=O) groups is 3. The summed E-state index contributed by atoms with van der Waals surface area (Å²) in [7, 11) is 2.16. The smallest absolute Gasteiger partial charge is 0.332 e. The van der Waals surface area contributed by atoms with E-state index in [4.69, 9.17) is 16.6 Å². The molecule has 0 aliphatic carbocycles. The van der Waals surface area contributed by atoms with Gasteiger partial charge in [-0.15, -0.1) is 0 Å². The molecule has 0 aromatic heterocycles. The first kappa shape index (κ1) is 22.2. The maximum Gasteiger partial charge on any atom is 0.332 e. The summed E-state index contributed by atoms with van der Waals surface area (Å²) in [5, 5.41) is 17.9. The monoisotopic (exact) mass is 366 g/mol. The van der Waals surface area contributed by atoms with Crippen LogP contribution in [-0.2, 0) is 14.4 Å². The van der Waals surface area contributed by atoms with Gasteiger partial charge in [-0.2, -0.15) is 0 Å². The second kappa shape index (κ2) is 11.7. The van der Waals surface area contributed by atoms with Gasteiger partial charge in [0.05, 0.1) is 0 Å². The van der Waals surface area contributed by atoms with Gasteiger partial charge in [-0.3, -0.25) is 9.59 Å². The van der Waals surface area contributed by atoms with Crippen molar-refractivity contribution in [2.45, 2.75) is 57.0 Å². The molecule has 6 N–H and O–H groups in total. The first-order chi connectivity index (χ1) is 10.8. The molecule has 0 radical (unpaired) electrons. The Balaban J connectivity index is 4.30. The fourth-order valence-corrected chi connectivity index (χ4v) is 4.18. The summed E-state index contributed by atoms with van der Waals surface area (Å²) < 4.78 is 0. The Hall–Kier alpha value is -0.770. The average Bonchev–Trinajstić information content (AvgIpc) is 2.50. The van der Waals surface area contributed by atoms with Gasteiger partial charge in [0.1, 0.15) is 6.04 Å². The molecule has 0 heterocycles. The van der Waals surface area contributed by atoms with Crippen molar-refractivity contribution in [1.82, 2.24) is 0 Å². The molecule has 0 amide bonds. The normalized spacial score (nSPS) is 14.9. The third-order valence-electron chi connectivity index (χ3n) is 3.32. The summed E-state index contributed by atoms with van der Waals surface area (Å²) in [6.45, 7) is 2.09. The zero-order chi connectivity index (χ0) is 17.9. The molecule has 2 unspecified atom stereocenters. The lowest BCUT2D eigenvalue weighted by Crippen LogP contribution is -2.57. The molecule has 9 heteroatoms. The first-order valence-electron chi connectivity index (χ1n) is 7.54. The molecule has 0 saturated carbocycles. The highest BCUT2D eigenvalue weighted by Crippen LogP contribution is 2.27. The fourth-order valence-electron chi connectivity index (χ4n) is 1.70. The number of aliphatic carboxylic acids is 2. The summed E-state index contributed by atoms with van der Waals surface area (Å²) in [4.78, 5) is 34.1. The van der Waals surface area contributed by atoms with E-state index in [9.17, 15) is 19.5 Å². The standard InChI is InChI=1S/C14H26N2O5S2/c1-2-3-4-5-6-7-11(17)14(16,13(20)21)9-23-22-8-10(15)12(18)19/h10H,2-9,15-16H2,1H3,(H,18,19)(H,20,21). The summed E-state index contributed by atoms with van der Waals surface area (Å²) in [6.07, 6.45) is 4.86. The fraction of sp³-hybridized carbons (Fsp3) is 0.786. The van der Waals surface area contributed by atoms with Crippen LogP contribution in [0.5, 0.6) is 0 Å². The van der Waals surface area contributed by atoms with Crippen LogP contribution in [0.3, 0.4) is 0 Å². The zero-order valence-electron chi connectivity index (χ0n) is 13.3. The van der Waals surface area contributed by atoms with Crippen LogP contribution < -0.4 is 11.5 Å². The lowest BCUT2D eigenvalue weighted by atomic mass is 9.93. The Bertz CT molecular complexity index is 409. The Morgan fingerprint density at radius 2 is 1.70 bits per heavy atom. The number of nitrogens with two attached hydrogens (primary N) is 2. The van der Waals surface area contributed by atoms with Gasteiger partial charge in [-0.25, -0.2) is 4.79 Å². The molecular weight excluding hydrogens is 340 g/mol. The van der Waals surface area contributed by atoms with Crippen LogP contribution >= 0.6 is 21.6 Å². The van der Waals surface area contributed by atoms with Crippen LogP contribution in [0.4, 0.5) is 0 Å². The molecule has 0 aliphatic heterocycles. The molecule has 2 atom stereocenters. The molecule has 0 spiro atoms. The van der Waals surface area contributed by atoms with Gasteiger partial charge < -0.3 is 21.7 Å². The van der Waals surface area contributed by atoms with E-state index in [0.717, 1.165) is 47.3 Å². The number of Topliss-reactive ketones (excluding diaryl/α,β-unsaturated/α-hetero) is 1. The Morgan fingerprint density at radius 3 is 2.22 bits per heavy atom. The molecule has 23 heavy (non-hydrogen) atoms. The van der Waals surface area contributed by atoms with Crippen LogP contribution in [0.25, 0.3) is 0 Å². The maximum absolute atomic E-state index is 12.1. The van der Waals surface area contributed by atoms with E-state index in [2.05, 4.69) is 6.92 Å². The van der Waals surface area contributed by atoms with Gasteiger partial charge in [0.2, 0.25) is 0 Å². The van der Waals surface area contributed by atoms with Crippen LogP contribution in [0.2, 0.25) is 0 Å². The molecule has 0 aromatic rings. The topological polar surface area (TPSA) is 144 Å². The summed E-state index contributed by atoms with van der Waals surface area (Å²) in [6, 6.07) is -1.03. The van der Waals surface area contributed by atoms with Crippen molar-refractivity contribution >= 4 is 39.3 Å². The highest BCUT2D eigenvalue weighted by atomic mass is 33.1. The van der Waals surface area contributed by atoms with E-state index in [-0.39, 0.29) is 17.9 Å². The van der Waals surface area contributed by atoms with Crippen molar-refractivity contribution in [2.24, 2.45) is 11.5 Å². The molecule has 0 saturated heterocycles. The quantitative estimate of drug-likeness (QED) is 0.204. The number of unbranched alkanes of at least 4 members (excludes halogenated alkanes) is 4. The minimum absolute atomic E-state index is 0.112. The SMILES string of the molecule is CCCCCCCC(=O)C(N)(CSSCC(N)C(=O)O)C(=O)O. The van der Waals surface area contributed by atoms with Crippen molar-refractivity contribution in [3.05, 3.63) is 0 Å². The second-order valence-corrected chi connectivity index (χ2v) is 7.86. The van der Waals surface area contributed by atoms with Gasteiger partial charge in [-0.1, -0.05) is 54.2 Å². The molecular formula is C14H26N2O5S2. The summed E-state index contributed by atoms with van der Waals surface area (Å²) in [5.74, 6) is -2.98. The van der Waals surface area contributed by atoms with Gasteiger partial charge in [-0.05, 0) is 6.42 Å². The minimum Gasteiger partial charge on any atom is -0.480 e. The number of rotatable bonds is 14. The van der Waals surface area contributed by atoms with Gasteiger partial charge >= 0.3 is 11.9 Å². The van der Waals surface area contributed by atoms with E-state index in [0.29, 0.717) is 6.42 Å². The number of carbonyl (C=O) groups excluding carboxylic acids is 1. The third-order valence-corrected chi connectivity index (χ3v) is 5.82. The van der Waals surface area contributed by atoms with Crippen molar-refractivity contribution in [1.29, 1.82) is 0 Å². The number of carboxylic acid groups (broad SMARTS) is 2. The summed E-state index contributed by atoms with van der Waals surface area (Å²) in [5.41, 5.74) is 9.18. The van der Waals surface area contributed by atoms with Gasteiger partial charge in [0.25, 0.3) is 0 Å². The van der Waals surface area contributed by atoms with Crippen molar-refractivity contribution in [3.63, 3.8) is 0 Å². The number of carboxylic acids is 2. The Morgan fingerprint density at radius 1 is 1.09 bits per heavy atom. The van der Waals surface area contributed by atoms with Crippen LogP contribution in [0.1, 0.15) is 45.4 Å². The number of hydrogen-bond acceptors (Lipinski definition) is 7. The molecule has 0 bridgehead atoms. The van der Waals surface area contributed by atoms with Crippen molar-refractivity contribution in [2.75, 3.05) is 11.5 Å². The van der Waals surface area contributed by atoms with Crippen LogP contribution in [-0.4, -0.2) is 51.0 Å². The van der Waals surface area contributed by atoms with Crippen LogP contribution in [0, 0.1) is 0 Å². The third kappa shape index (κ3) is 8.59. The van der Waals surface area contributed by atoms with E-state index in [1.54, 1.807) is 0 Å². The largest absolute Gasteiger partial charge is 0.480 e. The molecule has 134 valence electrons. The van der Waals surface area contributed by atoms with Crippen molar-refractivity contribution in [3.8, 4) is 0 Å². The summed E-state index contributed by atoms with van der Waals surface area (Å²) >= 11 is 0. The number of hydrogen-bond donors (Lipinski definition) is 4. The zero-order valence-corrected chi connectivity index (χ0v) is 15.0. The van der Waals surface area contributed by atoms with Crippen molar-refractivity contribution < 1.29 is 24.6 Å². The van der Waals surface area contributed by atoms with Gasteiger partial charge in [0, 0.05) is 17.9 Å². The predicted octanol–water partition coefficient (Wildman–Crippen LogP) is 1.49. The molecule has 0 rings (SSSR count). The predicted molar refractivity (Wildman–Crippen MR) is 93.5 cm³/mol.